The molecule has 0 radical (unpaired) electrons. The molecule has 1 unspecified atom stereocenters. The number of aliphatic hydroxyl groups excluding tert-OH is 1. The standard InChI is InChI=1S/C11H13FO4/c1-15-9-5-3-4-7(12)11(9)8(13)6-10(14)16-2/h3-5,8,13H,6H2,1-2H3. The Balaban J connectivity index is 2.97. The second kappa shape index (κ2) is 5.46. The molecule has 0 aliphatic heterocycles. The van der Waals surface area contributed by atoms with Crippen molar-refractivity contribution in [3.8, 4) is 5.75 Å². The monoisotopic (exact) mass is 228 g/mol. The Morgan fingerprint density at radius 3 is 2.75 bits per heavy atom. The number of methoxy groups -OCH3 is 2. The van der Waals surface area contributed by atoms with Crippen molar-refractivity contribution in [2.45, 2.75) is 12.5 Å². The Morgan fingerprint density at radius 2 is 2.19 bits per heavy atom. The molecule has 0 spiro atoms. The zero-order valence-corrected chi connectivity index (χ0v) is 9.07. The van der Waals surface area contributed by atoms with E-state index >= 15 is 0 Å². The second-order valence-corrected chi connectivity index (χ2v) is 3.15. The molecule has 4 nitrogen and oxygen atoms in total. The van der Waals surface area contributed by atoms with Crippen molar-refractivity contribution in [1.29, 1.82) is 0 Å². The van der Waals surface area contributed by atoms with Crippen LogP contribution in [0.1, 0.15) is 18.1 Å². The Labute approximate surface area is 92.6 Å². The molecule has 0 bridgehead atoms. The summed E-state index contributed by atoms with van der Waals surface area (Å²) in [6.07, 6.45) is -1.59. The average molecular weight is 228 g/mol. The van der Waals surface area contributed by atoms with Crippen LogP contribution in [0.3, 0.4) is 0 Å². The molecule has 0 aliphatic rings. The van der Waals surface area contributed by atoms with Crippen LogP contribution in [0.25, 0.3) is 0 Å². The van der Waals surface area contributed by atoms with E-state index in [1.54, 1.807) is 0 Å². The van der Waals surface area contributed by atoms with E-state index in [2.05, 4.69) is 4.74 Å². The normalized spacial score (nSPS) is 12.0. The van der Waals surface area contributed by atoms with Crippen LogP contribution in [-0.4, -0.2) is 25.3 Å². The lowest BCUT2D eigenvalue weighted by Gasteiger charge is -2.14. The summed E-state index contributed by atoms with van der Waals surface area (Å²) in [6.45, 7) is 0. The molecule has 0 heterocycles. The largest absolute Gasteiger partial charge is 0.496 e. The van der Waals surface area contributed by atoms with Crippen molar-refractivity contribution >= 4 is 5.97 Å². The van der Waals surface area contributed by atoms with Gasteiger partial charge in [0.1, 0.15) is 11.6 Å². The number of carbonyl (C=O) groups excluding carboxylic acids is 1. The molecular weight excluding hydrogens is 215 g/mol. The fourth-order valence-electron chi connectivity index (χ4n) is 1.36. The summed E-state index contributed by atoms with van der Waals surface area (Å²) < 4.78 is 22.8. The van der Waals surface area contributed by atoms with Gasteiger partial charge in [-0.2, -0.15) is 0 Å². The van der Waals surface area contributed by atoms with Gasteiger partial charge in [0, 0.05) is 0 Å². The van der Waals surface area contributed by atoms with Gasteiger partial charge in [-0.25, -0.2) is 4.39 Å². The van der Waals surface area contributed by atoms with E-state index in [0.717, 1.165) is 0 Å². The zero-order valence-electron chi connectivity index (χ0n) is 9.07. The number of aliphatic hydroxyl groups is 1. The predicted octanol–water partition coefficient (Wildman–Crippen LogP) is 1.43. The highest BCUT2D eigenvalue weighted by molar-refractivity contribution is 5.70. The molecule has 1 N–H and O–H groups in total. The van der Waals surface area contributed by atoms with Crippen LogP contribution in [0.15, 0.2) is 18.2 Å². The number of carbonyl (C=O) groups is 1. The quantitative estimate of drug-likeness (QED) is 0.792. The molecular formula is C11H13FO4. The minimum atomic E-state index is -1.27. The van der Waals surface area contributed by atoms with Crippen LogP contribution in [0.4, 0.5) is 4.39 Å². The Morgan fingerprint density at radius 1 is 1.50 bits per heavy atom. The number of hydrogen-bond acceptors (Lipinski definition) is 4. The van der Waals surface area contributed by atoms with Crippen molar-refractivity contribution in [2.24, 2.45) is 0 Å². The predicted molar refractivity (Wildman–Crippen MR) is 54.5 cm³/mol. The number of halogens is 1. The first kappa shape index (κ1) is 12.4. The zero-order chi connectivity index (χ0) is 12.1. The Kier molecular flexibility index (Phi) is 4.25. The summed E-state index contributed by atoms with van der Waals surface area (Å²) in [5.74, 6) is -1.02. The summed E-state index contributed by atoms with van der Waals surface area (Å²) in [5, 5.41) is 9.69. The number of rotatable bonds is 4. The summed E-state index contributed by atoms with van der Waals surface area (Å²) in [6, 6.07) is 4.17. The van der Waals surface area contributed by atoms with Gasteiger partial charge in [-0.15, -0.1) is 0 Å². The highest BCUT2D eigenvalue weighted by atomic mass is 19.1. The van der Waals surface area contributed by atoms with Gasteiger partial charge in [0.15, 0.2) is 0 Å². The maximum Gasteiger partial charge on any atom is 0.308 e. The van der Waals surface area contributed by atoms with Gasteiger partial charge in [0.05, 0.1) is 32.3 Å². The molecule has 0 saturated carbocycles. The minimum Gasteiger partial charge on any atom is -0.496 e. The van der Waals surface area contributed by atoms with Crippen LogP contribution >= 0.6 is 0 Å². The average Bonchev–Trinajstić information content (AvgIpc) is 2.28. The third-order valence-electron chi connectivity index (χ3n) is 2.15. The highest BCUT2D eigenvalue weighted by Gasteiger charge is 2.21. The fraction of sp³-hybridized carbons (Fsp3) is 0.364. The van der Waals surface area contributed by atoms with Crippen LogP contribution < -0.4 is 4.74 Å². The number of benzene rings is 1. The van der Waals surface area contributed by atoms with Gasteiger partial charge >= 0.3 is 5.97 Å². The summed E-state index contributed by atoms with van der Waals surface area (Å²) >= 11 is 0. The van der Waals surface area contributed by atoms with Crippen molar-refractivity contribution < 1.29 is 23.8 Å². The van der Waals surface area contributed by atoms with E-state index in [1.165, 1.54) is 32.4 Å². The second-order valence-electron chi connectivity index (χ2n) is 3.15. The molecule has 0 aliphatic carbocycles. The summed E-state index contributed by atoms with van der Waals surface area (Å²) in [7, 11) is 2.57. The van der Waals surface area contributed by atoms with Crippen LogP contribution in [-0.2, 0) is 9.53 Å². The lowest BCUT2D eigenvalue weighted by Crippen LogP contribution is -2.10. The van der Waals surface area contributed by atoms with Gasteiger partial charge in [0.25, 0.3) is 0 Å². The van der Waals surface area contributed by atoms with Crippen LogP contribution in [0, 0.1) is 5.82 Å². The molecule has 16 heavy (non-hydrogen) atoms. The smallest absolute Gasteiger partial charge is 0.308 e. The van der Waals surface area contributed by atoms with Crippen molar-refractivity contribution in [2.75, 3.05) is 14.2 Å². The lowest BCUT2D eigenvalue weighted by molar-refractivity contribution is -0.142. The van der Waals surface area contributed by atoms with E-state index in [0.29, 0.717) is 0 Å². The fourth-order valence-corrected chi connectivity index (χ4v) is 1.36. The number of esters is 1. The van der Waals surface area contributed by atoms with Gasteiger partial charge in [-0.1, -0.05) is 6.07 Å². The van der Waals surface area contributed by atoms with Crippen LogP contribution in [0.5, 0.6) is 5.75 Å². The minimum absolute atomic E-state index is 0.0320. The third kappa shape index (κ3) is 2.70. The topological polar surface area (TPSA) is 55.8 Å². The van der Waals surface area contributed by atoms with Crippen molar-refractivity contribution in [3.05, 3.63) is 29.6 Å². The molecule has 1 aromatic carbocycles. The van der Waals surface area contributed by atoms with Gasteiger partial charge in [-0.05, 0) is 12.1 Å². The molecule has 0 fully saturated rings. The first-order valence-electron chi connectivity index (χ1n) is 4.67. The van der Waals surface area contributed by atoms with Gasteiger partial charge in [-0.3, -0.25) is 4.79 Å². The SMILES string of the molecule is COC(=O)CC(O)c1c(F)cccc1OC. The summed E-state index contributed by atoms with van der Waals surface area (Å²) in [5.41, 5.74) is -0.0320. The maximum atomic E-state index is 13.4. The maximum absolute atomic E-state index is 13.4. The molecule has 1 aromatic rings. The summed E-state index contributed by atoms with van der Waals surface area (Å²) in [4.78, 5) is 11.0. The molecule has 0 amide bonds. The van der Waals surface area contributed by atoms with E-state index < -0.39 is 17.9 Å². The Bertz CT molecular complexity index is 378. The van der Waals surface area contributed by atoms with E-state index in [1.807, 2.05) is 0 Å². The first-order valence-corrected chi connectivity index (χ1v) is 4.67. The van der Waals surface area contributed by atoms with Crippen molar-refractivity contribution in [3.63, 3.8) is 0 Å². The molecule has 1 atom stereocenters. The number of hydrogen-bond donors (Lipinski definition) is 1. The highest BCUT2D eigenvalue weighted by Crippen LogP contribution is 2.29. The van der Waals surface area contributed by atoms with Crippen LogP contribution in [0.2, 0.25) is 0 Å². The number of ether oxygens (including phenoxy) is 2. The Hall–Kier alpha value is -1.62. The molecule has 5 heteroatoms. The lowest BCUT2D eigenvalue weighted by atomic mass is 10.0. The van der Waals surface area contributed by atoms with E-state index in [9.17, 15) is 14.3 Å². The van der Waals surface area contributed by atoms with E-state index in [-0.39, 0.29) is 17.7 Å². The van der Waals surface area contributed by atoms with Gasteiger partial charge in [0.2, 0.25) is 0 Å². The van der Waals surface area contributed by atoms with Gasteiger partial charge < -0.3 is 14.6 Å². The molecule has 0 aromatic heterocycles. The molecule has 88 valence electrons. The van der Waals surface area contributed by atoms with Crippen molar-refractivity contribution in [1.82, 2.24) is 0 Å². The molecule has 0 saturated heterocycles. The molecule has 1 rings (SSSR count). The van der Waals surface area contributed by atoms with E-state index in [4.69, 9.17) is 4.74 Å². The first-order chi connectivity index (χ1) is 7.60. The third-order valence-corrected chi connectivity index (χ3v) is 2.15.